The molecule has 0 aromatic heterocycles. The van der Waals surface area contributed by atoms with Crippen molar-refractivity contribution in [1.29, 1.82) is 0 Å². The molecule has 8 nitrogen and oxygen atoms in total. The monoisotopic (exact) mass is 456 g/mol. The van der Waals surface area contributed by atoms with Gasteiger partial charge in [-0.2, -0.15) is 4.31 Å². The number of fused-ring (bicyclic) bond motifs is 1. The van der Waals surface area contributed by atoms with E-state index >= 15 is 0 Å². The summed E-state index contributed by atoms with van der Waals surface area (Å²) in [7, 11) is -3.67. The summed E-state index contributed by atoms with van der Waals surface area (Å²) >= 11 is 0. The van der Waals surface area contributed by atoms with Crippen LogP contribution in [0.2, 0.25) is 0 Å². The second-order valence-electron chi connectivity index (χ2n) is 8.06. The van der Waals surface area contributed by atoms with E-state index in [-0.39, 0.29) is 29.8 Å². The first-order valence-electron chi connectivity index (χ1n) is 10.8. The minimum Gasteiger partial charge on any atom is -0.371 e. The van der Waals surface area contributed by atoms with Gasteiger partial charge in [0.2, 0.25) is 15.9 Å². The summed E-state index contributed by atoms with van der Waals surface area (Å²) in [4.78, 5) is 28.2. The Morgan fingerprint density at radius 1 is 0.969 bits per heavy atom. The quantitative estimate of drug-likeness (QED) is 0.745. The fraction of sp³-hybridized carbons (Fsp3) is 0.391. The van der Waals surface area contributed by atoms with Crippen LogP contribution in [0.25, 0.3) is 0 Å². The third-order valence-corrected chi connectivity index (χ3v) is 8.07. The van der Waals surface area contributed by atoms with Crippen LogP contribution in [0, 0.1) is 0 Å². The summed E-state index contributed by atoms with van der Waals surface area (Å²) in [5.74, 6) is -0.340. The van der Waals surface area contributed by atoms with Crippen molar-refractivity contribution in [2.24, 2.45) is 0 Å². The summed E-state index contributed by atoms with van der Waals surface area (Å²) < 4.78 is 27.2. The largest absolute Gasteiger partial charge is 0.371 e. The van der Waals surface area contributed by atoms with Crippen LogP contribution in [-0.2, 0) is 21.2 Å². The zero-order valence-electron chi connectivity index (χ0n) is 18.4. The number of nitrogens with one attached hydrogen (secondary N) is 1. The topological polar surface area (TPSA) is 90.0 Å². The third-order valence-electron chi connectivity index (χ3n) is 6.15. The molecule has 2 amide bonds. The van der Waals surface area contributed by atoms with Crippen molar-refractivity contribution >= 4 is 33.2 Å². The third kappa shape index (κ3) is 4.35. The molecule has 0 radical (unpaired) electrons. The van der Waals surface area contributed by atoms with Gasteiger partial charge in [0.1, 0.15) is 0 Å². The number of hydrogen-bond acceptors (Lipinski definition) is 5. The maximum atomic E-state index is 12.9. The van der Waals surface area contributed by atoms with Crippen LogP contribution >= 0.6 is 0 Å². The van der Waals surface area contributed by atoms with Crippen LogP contribution in [0.15, 0.2) is 47.4 Å². The van der Waals surface area contributed by atoms with Crippen molar-refractivity contribution in [3.05, 3.63) is 53.6 Å². The second-order valence-corrected chi connectivity index (χ2v) is 10.00. The maximum absolute atomic E-state index is 12.9. The lowest BCUT2D eigenvalue weighted by Gasteiger charge is -2.33. The zero-order valence-corrected chi connectivity index (χ0v) is 19.2. The van der Waals surface area contributed by atoms with Crippen LogP contribution in [0.4, 0.5) is 11.4 Å². The molecule has 0 bridgehead atoms. The number of piperazine rings is 1. The molecule has 2 aromatic rings. The SMILES string of the molecule is CCN1CCc2ccc(NC(=O)c3ccc(S(=O)(=O)N4CCN(C(C)=O)CC4)cc3)cc21. The van der Waals surface area contributed by atoms with Crippen molar-refractivity contribution in [3.8, 4) is 0 Å². The van der Waals surface area contributed by atoms with E-state index < -0.39 is 10.0 Å². The lowest BCUT2D eigenvalue weighted by atomic mass is 10.1. The second kappa shape index (κ2) is 8.91. The predicted octanol–water partition coefficient (Wildman–Crippen LogP) is 2.17. The number of carbonyl (C=O) groups is 2. The van der Waals surface area contributed by atoms with Gasteiger partial charge in [0.15, 0.2) is 0 Å². The number of amides is 2. The molecule has 2 aliphatic heterocycles. The van der Waals surface area contributed by atoms with E-state index in [0.717, 1.165) is 25.2 Å². The van der Waals surface area contributed by atoms with E-state index in [1.807, 2.05) is 18.2 Å². The van der Waals surface area contributed by atoms with Crippen LogP contribution in [0.1, 0.15) is 29.8 Å². The van der Waals surface area contributed by atoms with E-state index in [1.165, 1.54) is 41.1 Å². The van der Waals surface area contributed by atoms with Crippen molar-refractivity contribution in [2.45, 2.75) is 25.2 Å². The highest BCUT2D eigenvalue weighted by Crippen LogP contribution is 2.30. The fourth-order valence-corrected chi connectivity index (χ4v) is 5.65. The van der Waals surface area contributed by atoms with E-state index in [2.05, 4.69) is 17.1 Å². The molecular formula is C23H28N4O4S. The molecule has 0 saturated carbocycles. The summed E-state index contributed by atoms with van der Waals surface area (Å²) in [6.45, 7) is 6.79. The zero-order chi connectivity index (χ0) is 22.9. The van der Waals surface area contributed by atoms with E-state index in [9.17, 15) is 18.0 Å². The normalized spacial score (nSPS) is 16.7. The molecule has 170 valence electrons. The molecule has 4 rings (SSSR count). The van der Waals surface area contributed by atoms with E-state index in [4.69, 9.17) is 0 Å². The number of rotatable bonds is 5. The van der Waals surface area contributed by atoms with Gasteiger partial charge in [-0.05, 0) is 55.3 Å². The van der Waals surface area contributed by atoms with Crippen molar-refractivity contribution in [2.75, 3.05) is 49.5 Å². The number of nitrogens with zero attached hydrogens (tertiary/aromatic N) is 3. The van der Waals surface area contributed by atoms with Gasteiger partial charge in [0, 0.05) is 63.1 Å². The first kappa shape index (κ1) is 22.3. The van der Waals surface area contributed by atoms with Crippen LogP contribution in [0.3, 0.4) is 0 Å². The van der Waals surface area contributed by atoms with Gasteiger partial charge < -0.3 is 15.1 Å². The van der Waals surface area contributed by atoms with Crippen molar-refractivity contribution < 1.29 is 18.0 Å². The minimum atomic E-state index is -3.67. The van der Waals surface area contributed by atoms with Gasteiger partial charge in [0.05, 0.1) is 4.90 Å². The lowest BCUT2D eigenvalue weighted by molar-refractivity contribution is -0.129. The average Bonchev–Trinajstić information content (AvgIpc) is 3.21. The van der Waals surface area contributed by atoms with Crippen LogP contribution < -0.4 is 10.2 Å². The highest BCUT2D eigenvalue weighted by molar-refractivity contribution is 7.89. The average molecular weight is 457 g/mol. The summed E-state index contributed by atoms with van der Waals surface area (Å²) in [6, 6.07) is 11.9. The molecule has 1 N–H and O–H groups in total. The number of anilines is 2. The van der Waals surface area contributed by atoms with Gasteiger partial charge in [0.25, 0.3) is 5.91 Å². The minimum absolute atomic E-state index is 0.0526. The predicted molar refractivity (Wildman–Crippen MR) is 123 cm³/mol. The van der Waals surface area contributed by atoms with Gasteiger partial charge in [-0.3, -0.25) is 9.59 Å². The number of carbonyl (C=O) groups excluding carboxylic acids is 2. The number of hydrogen-bond donors (Lipinski definition) is 1. The summed E-state index contributed by atoms with van der Waals surface area (Å²) in [5, 5.41) is 2.91. The molecule has 0 aliphatic carbocycles. The number of sulfonamides is 1. The van der Waals surface area contributed by atoms with Gasteiger partial charge in [-0.25, -0.2) is 8.42 Å². The molecule has 2 aliphatic rings. The van der Waals surface area contributed by atoms with Gasteiger partial charge in [-0.1, -0.05) is 6.07 Å². The Balaban J connectivity index is 1.43. The van der Waals surface area contributed by atoms with Gasteiger partial charge >= 0.3 is 0 Å². The molecule has 9 heteroatoms. The first-order chi connectivity index (χ1) is 15.3. The van der Waals surface area contributed by atoms with Crippen molar-refractivity contribution in [3.63, 3.8) is 0 Å². The van der Waals surface area contributed by atoms with E-state index in [1.54, 1.807) is 4.90 Å². The Bertz CT molecular complexity index is 1120. The van der Waals surface area contributed by atoms with Crippen LogP contribution in [0.5, 0.6) is 0 Å². The molecule has 32 heavy (non-hydrogen) atoms. The molecular weight excluding hydrogens is 428 g/mol. The lowest BCUT2D eigenvalue weighted by Crippen LogP contribution is -2.49. The molecule has 0 atom stereocenters. The van der Waals surface area contributed by atoms with E-state index in [0.29, 0.717) is 24.3 Å². The Hall–Kier alpha value is -2.91. The Kier molecular flexibility index (Phi) is 6.21. The highest BCUT2D eigenvalue weighted by Gasteiger charge is 2.29. The molecule has 0 spiro atoms. The number of likely N-dealkylation sites (N-methyl/N-ethyl adjacent to an activating group) is 1. The highest BCUT2D eigenvalue weighted by atomic mass is 32.2. The van der Waals surface area contributed by atoms with Crippen molar-refractivity contribution in [1.82, 2.24) is 9.21 Å². The smallest absolute Gasteiger partial charge is 0.255 e. The maximum Gasteiger partial charge on any atom is 0.255 e. The van der Waals surface area contributed by atoms with Crippen LogP contribution in [-0.4, -0.2) is 68.7 Å². The summed E-state index contributed by atoms with van der Waals surface area (Å²) in [6.07, 6.45) is 1.01. The molecule has 0 unspecified atom stereocenters. The Labute approximate surface area is 188 Å². The Morgan fingerprint density at radius 2 is 1.66 bits per heavy atom. The molecule has 2 heterocycles. The number of benzene rings is 2. The molecule has 1 saturated heterocycles. The molecule has 2 aromatic carbocycles. The Morgan fingerprint density at radius 3 is 2.28 bits per heavy atom. The first-order valence-corrected chi connectivity index (χ1v) is 12.3. The fourth-order valence-electron chi connectivity index (χ4n) is 4.23. The molecule has 1 fully saturated rings. The standard InChI is InChI=1S/C23H28N4O4S/c1-3-25-11-10-18-4-7-20(16-22(18)25)24-23(29)19-5-8-21(9-6-19)32(30,31)27-14-12-26(13-15-27)17(2)28/h4-9,16H,3,10-15H2,1-2H3,(H,24,29). The van der Waals surface area contributed by atoms with Gasteiger partial charge in [-0.15, -0.1) is 0 Å². The summed E-state index contributed by atoms with van der Waals surface area (Å²) in [5.41, 5.74) is 3.53.